The Morgan fingerprint density at radius 1 is 0.923 bits per heavy atom. The second-order valence-electron chi connectivity index (χ2n) is 5.72. The van der Waals surface area contributed by atoms with Crippen LogP contribution in [0.4, 0.5) is 5.69 Å². The van der Waals surface area contributed by atoms with E-state index in [0.717, 1.165) is 10.6 Å². The van der Waals surface area contributed by atoms with Crippen LogP contribution in [0.2, 0.25) is 0 Å². The van der Waals surface area contributed by atoms with Crippen molar-refractivity contribution in [2.24, 2.45) is 0 Å². The van der Waals surface area contributed by atoms with Crippen LogP contribution in [0.25, 0.3) is 32.7 Å². The predicted molar refractivity (Wildman–Crippen MR) is 99.9 cm³/mol. The molecule has 7 heteroatoms. The van der Waals surface area contributed by atoms with Gasteiger partial charge in [-0.15, -0.1) is 10.2 Å². The first-order chi connectivity index (χ1) is 12.6. The third-order valence-corrected chi connectivity index (χ3v) is 4.89. The van der Waals surface area contributed by atoms with Crippen LogP contribution < -0.4 is 0 Å². The Morgan fingerprint density at radius 3 is 2.38 bits per heavy atom. The number of aromatic nitrogens is 2. The summed E-state index contributed by atoms with van der Waals surface area (Å²) in [6.45, 7) is 2.03. The first kappa shape index (κ1) is 16.2. The van der Waals surface area contributed by atoms with E-state index in [9.17, 15) is 10.1 Å². The first-order valence-electron chi connectivity index (χ1n) is 7.86. The average molecular weight is 363 g/mol. The molecule has 0 saturated carbocycles. The van der Waals surface area contributed by atoms with Gasteiger partial charge in [0.25, 0.3) is 5.69 Å². The van der Waals surface area contributed by atoms with Gasteiger partial charge in [-0.25, -0.2) is 0 Å². The van der Waals surface area contributed by atoms with Crippen molar-refractivity contribution in [1.82, 2.24) is 10.2 Å². The van der Waals surface area contributed by atoms with E-state index in [0.29, 0.717) is 22.1 Å². The van der Waals surface area contributed by atoms with Crippen molar-refractivity contribution < 1.29 is 9.34 Å². The molecule has 0 amide bonds. The van der Waals surface area contributed by atoms with Crippen molar-refractivity contribution in [3.05, 3.63) is 76.3 Å². The third-order valence-electron chi connectivity index (χ3n) is 3.91. The Morgan fingerprint density at radius 2 is 1.62 bits per heavy atom. The minimum Gasteiger partial charge on any atom is -0.453 e. The molecule has 2 aromatic heterocycles. The maximum absolute atomic E-state index is 11.2. The summed E-state index contributed by atoms with van der Waals surface area (Å²) in [6, 6.07) is 18.0. The van der Waals surface area contributed by atoms with E-state index in [-0.39, 0.29) is 5.69 Å². The fraction of sp³-hybridized carbons (Fsp3) is 0.0526. The summed E-state index contributed by atoms with van der Waals surface area (Å²) in [7, 11) is 0. The molecule has 0 unspecified atom stereocenters. The second-order valence-corrected chi connectivity index (χ2v) is 6.69. The molecule has 0 bridgehead atoms. The Bertz CT molecular complexity index is 1080. The third kappa shape index (κ3) is 3.00. The van der Waals surface area contributed by atoms with Crippen molar-refractivity contribution in [3.8, 4) is 32.7 Å². The summed E-state index contributed by atoms with van der Waals surface area (Å²) in [5, 5.41) is 21.0. The zero-order chi connectivity index (χ0) is 18.1. The lowest BCUT2D eigenvalue weighted by atomic mass is 10.1. The monoisotopic (exact) mass is 363 g/mol. The molecule has 0 aliphatic carbocycles. The molecule has 4 rings (SSSR count). The summed E-state index contributed by atoms with van der Waals surface area (Å²) < 4.78 is 5.82. The normalized spacial score (nSPS) is 10.8. The molecule has 2 heterocycles. The lowest BCUT2D eigenvalue weighted by Gasteiger charge is -1.98. The molecule has 0 saturated heterocycles. The van der Waals surface area contributed by atoms with E-state index >= 15 is 0 Å². The average Bonchev–Trinajstić information content (AvgIpc) is 3.32. The van der Waals surface area contributed by atoms with Crippen LogP contribution in [-0.4, -0.2) is 15.1 Å². The molecule has 0 aliphatic heterocycles. The van der Waals surface area contributed by atoms with Crippen LogP contribution in [0.3, 0.4) is 0 Å². The molecule has 0 radical (unpaired) electrons. The van der Waals surface area contributed by atoms with E-state index in [1.54, 1.807) is 30.3 Å². The van der Waals surface area contributed by atoms with Gasteiger partial charge in [0.2, 0.25) is 0 Å². The highest BCUT2D eigenvalue weighted by Gasteiger charge is 2.19. The van der Waals surface area contributed by atoms with Gasteiger partial charge in [0.1, 0.15) is 10.8 Å². The minimum absolute atomic E-state index is 0.00556. The molecule has 26 heavy (non-hydrogen) atoms. The van der Waals surface area contributed by atoms with Crippen LogP contribution in [0.1, 0.15) is 5.56 Å². The van der Waals surface area contributed by atoms with Crippen LogP contribution in [-0.2, 0) is 0 Å². The summed E-state index contributed by atoms with van der Waals surface area (Å²) in [5.41, 5.74) is 2.61. The summed E-state index contributed by atoms with van der Waals surface area (Å²) in [4.78, 5) is 10.8. The number of para-hydroxylation sites is 1. The molecule has 0 aliphatic rings. The zero-order valence-corrected chi connectivity index (χ0v) is 14.6. The molecular formula is C19H13N3O3S. The molecule has 0 N–H and O–H groups in total. The number of rotatable bonds is 4. The van der Waals surface area contributed by atoms with Crippen molar-refractivity contribution >= 4 is 17.0 Å². The molecule has 128 valence electrons. The van der Waals surface area contributed by atoms with Crippen molar-refractivity contribution in [1.29, 1.82) is 0 Å². The Labute approximate surface area is 152 Å². The number of hydrogen-bond donors (Lipinski definition) is 0. The highest BCUT2D eigenvalue weighted by molar-refractivity contribution is 7.17. The second kappa shape index (κ2) is 6.53. The SMILES string of the molecule is Cc1ccc(-c2nnc(-c3ccc(-c4ccccc4[N+](=O)[O-])o3)s2)cc1. The van der Waals surface area contributed by atoms with Gasteiger partial charge in [-0.1, -0.05) is 53.3 Å². The number of benzene rings is 2. The van der Waals surface area contributed by atoms with Gasteiger partial charge in [0.05, 0.1) is 10.5 Å². The molecular weight excluding hydrogens is 350 g/mol. The van der Waals surface area contributed by atoms with Crippen LogP contribution >= 0.6 is 11.3 Å². The zero-order valence-electron chi connectivity index (χ0n) is 13.7. The molecule has 6 nitrogen and oxygen atoms in total. The number of furan rings is 1. The minimum atomic E-state index is -0.419. The Balaban J connectivity index is 1.67. The predicted octanol–water partition coefficient (Wildman–Crippen LogP) is 5.35. The smallest absolute Gasteiger partial charge is 0.280 e. The largest absolute Gasteiger partial charge is 0.453 e. The number of hydrogen-bond acceptors (Lipinski definition) is 6. The van der Waals surface area contributed by atoms with E-state index in [4.69, 9.17) is 4.42 Å². The highest BCUT2D eigenvalue weighted by atomic mass is 32.1. The summed E-state index contributed by atoms with van der Waals surface area (Å²) in [6.07, 6.45) is 0. The lowest BCUT2D eigenvalue weighted by molar-refractivity contribution is -0.384. The highest BCUT2D eigenvalue weighted by Crippen LogP contribution is 2.36. The van der Waals surface area contributed by atoms with E-state index in [2.05, 4.69) is 10.2 Å². The summed E-state index contributed by atoms with van der Waals surface area (Å²) >= 11 is 1.41. The van der Waals surface area contributed by atoms with E-state index < -0.39 is 4.92 Å². The Kier molecular flexibility index (Phi) is 4.06. The van der Waals surface area contributed by atoms with Gasteiger partial charge in [-0.3, -0.25) is 10.1 Å². The van der Waals surface area contributed by atoms with Gasteiger partial charge in [0, 0.05) is 11.6 Å². The molecule has 4 aromatic rings. The number of nitro benzene ring substituents is 1. The topological polar surface area (TPSA) is 82.1 Å². The van der Waals surface area contributed by atoms with Gasteiger partial charge in [0.15, 0.2) is 10.8 Å². The maximum atomic E-state index is 11.2. The van der Waals surface area contributed by atoms with Crippen molar-refractivity contribution in [3.63, 3.8) is 0 Å². The van der Waals surface area contributed by atoms with Gasteiger partial charge >= 0.3 is 0 Å². The van der Waals surface area contributed by atoms with Gasteiger partial charge in [-0.05, 0) is 25.1 Å². The summed E-state index contributed by atoms with van der Waals surface area (Å²) in [5.74, 6) is 0.966. The van der Waals surface area contributed by atoms with Gasteiger partial charge in [-0.2, -0.15) is 0 Å². The van der Waals surface area contributed by atoms with Gasteiger partial charge < -0.3 is 4.42 Å². The first-order valence-corrected chi connectivity index (χ1v) is 8.68. The number of nitrogens with zero attached hydrogens (tertiary/aromatic N) is 3. The lowest BCUT2D eigenvalue weighted by Crippen LogP contribution is -1.90. The van der Waals surface area contributed by atoms with E-state index in [1.807, 2.05) is 31.2 Å². The van der Waals surface area contributed by atoms with Crippen molar-refractivity contribution in [2.75, 3.05) is 0 Å². The fourth-order valence-electron chi connectivity index (χ4n) is 2.57. The number of nitro groups is 1. The van der Waals surface area contributed by atoms with E-state index in [1.165, 1.54) is 23.0 Å². The maximum Gasteiger partial charge on any atom is 0.280 e. The van der Waals surface area contributed by atoms with Crippen LogP contribution in [0, 0.1) is 17.0 Å². The Hall–Kier alpha value is -3.32. The van der Waals surface area contributed by atoms with Crippen molar-refractivity contribution in [2.45, 2.75) is 6.92 Å². The molecule has 0 spiro atoms. The van der Waals surface area contributed by atoms with Crippen LogP contribution in [0.5, 0.6) is 0 Å². The quantitative estimate of drug-likeness (QED) is 0.360. The number of aryl methyl sites for hydroxylation is 1. The molecule has 0 atom stereocenters. The van der Waals surface area contributed by atoms with Crippen LogP contribution in [0.15, 0.2) is 65.1 Å². The molecule has 2 aromatic carbocycles. The standard InChI is InChI=1S/C19H13N3O3S/c1-12-6-8-13(9-7-12)18-20-21-19(26-18)17-11-10-16(25-17)14-4-2-3-5-15(14)22(23)24/h2-11H,1H3. The molecule has 0 fully saturated rings. The fourth-order valence-corrected chi connectivity index (χ4v) is 3.39.